The van der Waals surface area contributed by atoms with Gasteiger partial charge in [-0.05, 0) is 50.4 Å². The molecule has 1 aliphatic carbocycles. The predicted octanol–water partition coefficient (Wildman–Crippen LogP) is 2.08. The number of phenols is 1. The van der Waals surface area contributed by atoms with Gasteiger partial charge in [0.1, 0.15) is 11.3 Å². The molecule has 1 aromatic heterocycles. The summed E-state index contributed by atoms with van der Waals surface area (Å²) in [5.41, 5.74) is 2.13. The van der Waals surface area contributed by atoms with Crippen molar-refractivity contribution in [1.29, 1.82) is 0 Å². The highest BCUT2D eigenvalue weighted by molar-refractivity contribution is 5.86. The Morgan fingerprint density at radius 1 is 1.40 bits per heavy atom. The van der Waals surface area contributed by atoms with Crippen LogP contribution in [-0.2, 0) is 17.8 Å². The number of carbonyl (C=O) groups excluding carboxylic acids is 1. The van der Waals surface area contributed by atoms with E-state index in [1.54, 1.807) is 0 Å². The van der Waals surface area contributed by atoms with Gasteiger partial charge in [-0.15, -0.1) is 0 Å². The van der Waals surface area contributed by atoms with E-state index >= 15 is 0 Å². The first-order valence-corrected chi connectivity index (χ1v) is 8.65. The van der Waals surface area contributed by atoms with Crippen molar-refractivity contribution in [2.24, 2.45) is 0 Å². The van der Waals surface area contributed by atoms with E-state index in [-0.39, 0.29) is 18.2 Å². The highest BCUT2D eigenvalue weighted by Crippen LogP contribution is 2.33. The number of phenolic OH excluding ortho intramolecular Hbond substituents is 1. The molecule has 1 aliphatic rings. The van der Waals surface area contributed by atoms with Crippen LogP contribution in [0, 0.1) is 6.92 Å². The number of benzene rings is 1. The molecule has 25 heavy (non-hydrogen) atoms. The van der Waals surface area contributed by atoms with Crippen LogP contribution in [-0.4, -0.2) is 35.5 Å². The van der Waals surface area contributed by atoms with Crippen LogP contribution in [0.2, 0.25) is 0 Å². The highest BCUT2D eigenvalue weighted by Gasteiger charge is 2.24. The summed E-state index contributed by atoms with van der Waals surface area (Å²) in [6.07, 6.45) is 2.76. The van der Waals surface area contributed by atoms with Crippen molar-refractivity contribution in [3.8, 4) is 5.75 Å². The van der Waals surface area contributed by atoms with Gasteiger partial charge in [0, 0.05) is 24.0 Å². The Hall–Kier alpha value is -2.34. The zero-order valence-corrected chi connectivity index (χ0v) is 14.9. The normalized spacial score (nSPS) is 14.2. The van der Waals surface area contributed by atoms with Crippen LogP contribution in [0.1, 0.15) is 36.5 Å². The molecular weight excluding hydrogens is 320 g/mol. The summed E-state index contributed by atoms with van der Waals surface area (Å²) in [6, 6.07) is 3.64. The summed E-state index contributed by atoms with van der Waals surface area (Å²) in [5, 5.41) is 14.4. The number of hydrogen-bond donors (Lipinski definition) is 2. The molecular formula is C19H24N2O4. The van der Waals surface area contributed by atoms with Crippen LogP contribution in [0.15, 0.2) is 21.3 Å². The first-order valence-electron chi connectivity index (χ1n) is 8.65. The smallest absolute Gasteiger partial charge is 0.336 e. The third-order valence-corrected chi connectivity index (χ3v) is 4.55. The number of nitrogens with zero attached hydrogens (tertiary/aromatic N) is 1. The van der Waals surface area contributed by atoms with Crippen molar-refractivity contribution in [2.75, 3.05) is 13.6 Å². The lowest BCUT2D eigenvalue weighted by atomic mass is 9.99. The summed E-state index contributed by atoms with van der Waals surface area (Å²) < 4.78 is 5.39. The number of nitrogens with one attached hydrogen (secondary N) is 1. The van der Waals surface area contributed by atoms with Crippen molar-refractivity contribution in [3.05, 3.63) is 39.2 Å². The van der Waals surface area contributed by atoms with Gasteiger partial charge >= 0.3 is 5.63 Å². The topological polar surface area (TPSA) is 82.8 Å². The van der Waals surface area contributed by atoms with Gasteiger partial charge in [0.15, 0.2) is 0 Å². The summed E-state index contributed by atoms with van der Waals surface area (Å²) >= 11 is 0. The fraction of sp³-hybridized carbons (Fsp3) is 0.474. The third kappa shape index (κ3) is 3.85. The maximum atomic E-state index is 12.0. The van der Waals surface area contributed by atoms with E-state index in [0.29, 0.717) is 30.2 Å². The van der Waals surface area contributed by atoms with E-state index in [2.05, 4.69) is 5.32 Å². The number of amides is 1. The molecule has 0 saturated heterocycles. The highest BCUT2D eigenvalue weighted by atomic mass is 16.4. The van der Waals surface area contributed by atoms with Gasteiger partial charge in [-0.2, -0.15) is 0 Å². The average molecular weight is 344 g/mol. The minimum absolute atomic E-state index is 0.0296. The molecule has 1 saturated carbocycles. The summed E-state index contributed by atoms with van der Waals surface area (Å²) in [4.78, 5) is 25.6. The van der Waals surface area contributed by atoms with Crippen molar-refractivity contribution in [3.63, 3.8) is 0 Å². The lowest BCUT2D eigenvalue weighted by molar-refractivity contribution is -0.122. The SMILES string of the molecule is CCc1cc2c(C)cc(=O)oc2c(CN(C)CC(=O)NC2CC2)c1O. The molecule has 1 fully saturated rings. The van der Waals surface area contributed by atoms with E-state index in [4.69, 9.17) is 4.42 Å². The Morgan fingerprint density at radius 2 is 2.12 bits per heavy atom. The molecule has 134 valence electrons. The lowest BCUT2D eigenvalue weighted by Gasteiger charge is -2.19. The number of hydrogen-bond acceptors (Lipinski definition) is 5. The maximum absolute atomic E-state index is 12.0. The molecule has 3 rings (SSSR count). The van der Waals surface area contributed by atoms with E-state index in [0.717, 1.165) is 29.4 Å². The quantitative estimate of drug-likeness (QED) is 0.784. The summed E-state index contributed by atoms with van der Waals surface area (Å²) in [6.45, 7) is 4.36. The van der Waals surface area contributed by atoms with Crippen LogP contribution in [0.3, 0.4) is 0 Å². The van der Waals surface area contributed by atoms with Crippen molar-refractivity contribution < 1.29 is 14.3 Å². The standard InChI is InChI=1S/C19H24N2O4/c1-4-12-8-14-11(2)7-17(23)25-19(14)15(18(12)24)9-21(3)10-16(22)20-13-5-6-13/h7-8,13,24H,4-6,9-10H2,1-3H3,(H,20,22). The molecule has 0 bridgehead atoms. The van der Waals surface area contributed by atoms with Gasteiger partial charge in [-0.3, -0.25) is 9.69 Å². The van der Waals surface area contributed by atoms with Crippen molar-refractivity contribution >= 4 is 16.9 Å². The molecule has 2 N–H and O–H groups in total. The molecule has 1 heterocycles. The molecule has 0 aliphatic heterocycles. The zero-order valence-electron chi connectivity index (χ0n) is 14.9. The molecule has 0 atom stereocenters. The second-order valence-corrected chi connectivity index (χ2v) is 6.86. The molecule has 6 heteroatoms. The third-order valence-electron chi connectivity index (χ3n) is 4.55. The molecule has 1 amide bonds. The van der Waals surface area contributed by atoms with Crippen molar-refractivity contribution in [2.45, 2.75) is 45.7 Å². The van der Waals surface area contributed by atoms with Gasteiger partial charge in [0.05, 0.1) is 12.1 Å². The summed E-state index contributed by atoms with van der Waals surface area (Å²) in [5.74, 6) is 0.108. The Balaban J connectivity index is 1.94. The van der Waals surface area contributed by atoms with Crippen molar-refractivity contribution in [1.82, 2.24) is 10.2 Å². The first-order chi connectivity index (χ1) is 11.9. The fourth-order valence-corrected chi connectivity index (χ4v) is 3.05. The van der Waals surface area contributed by atoms with Crippen LogP contribution in [0.5, 0.6) is 5.75 Å². The average Bonchev–Trinajstić information content (AvgIpc) is 3.33. The molecule has 1 aromatic carbocycles. The molecule has 0 unspecified atom stereocenters. The van der Waals surface area contributed by atoms with Crippen LogP contribution >= 0.6 is 0 Å². The Morgan fingerprint density at radius 3 is 2.76 bits per heavy atom. The minimum atomic E-state index is -0.441. The van der Waals surface area contributed by atoms with Crippen LogP contribution in [0.25, 0.3) is 11.0 Å². The second kappa shape index (κ2) is 6.88. The number of carbonyl (C=O) groups is 1. The van der Waals surface area contributed by atoms with Crippen LogP contribution < -0.4 is 10.9 Å². The first kappa shape index (κ1) is 17.5. The van der Waals surface area contributed by atoms with E-state index in [1.165, 1.54) is 6.07 Å². The number of aryl methyl sites for hydroxylation is 2. The number of fused-ring (bicyclic) bond motifs is 1. The minimum Gasteiger partial charge on any atom is -0.507 e. The monoisotopic (exact) mass is 344 g/mol. The second-order valence-electron chi connectivity index (χ2n) is 6.86. The zero-order chi connectivity index (χ0) is 18.1. The fourth-order valence-electron chi connectivity index (χ4n) is 3.05. The molecule has 0 spiro atoms. The number of likely N-dealkylation sites (N-methyl/N-ethyl adjacent to an activating group) is 1. The molecule has 2 aromatic rings. The van der Waals surface area contributed by atoms with Gasteiger partial charge in [0.2, 0.25) is 5.91 Å². The van der Waals surface area contributed by atoms with Gasteiger partial charge in [-0.25, -0.2) is 4.79 Å². The van der Waals surface area contributed by atoms with Gasteiger partial charge in [-0.1, -0.05) is 6.92 Å². The lowest BCUT2D eigenvalue weighted by Crippen LogP contribution is -2.36. The number of aromatic hydroxyl groups is 1. The summed E-state index contributed by atoms with van der Waals surface area (Å²) in [7, 11) is 1.81. The van der Waals surface area contributed by atoms with E-state index in [1.807, 2.05) is 31.9 Å². The van der Waals surface area contributed by atoms with Gasteiger partial charge < -0.3 is 14.8 Å². The van der Waals surface area contributed by atoms with Crippen LogP contribution in [0.4, 0.5) is 0 Å². The van der Waals surface area contributed by atoms with E-state index < -0.39 is 5.63 Å². The largest absolute Gasteiger partial charge is 0.507 e. The predicted molar refractivity (Wildman–Crippen MR) is 95.8 cm³/mol. The molecule has 0 radical (unpaired) electrons. The Bertz CT molecular complexity index is 868. The number of rotatable bonds is 6. The Kier molecular flexibility index (Phi) is 4.81. The maximum Gasteiger partial charge on any atom is 0.336 e. The van der Waals surface area contributed by atoms with E-state index in [9.17, 15) is 14.7 Å². The Labute approximate surface area is 146 Å². The van der Waals surface area contributed by atoms with Gasteiger partial charge in [0.25, 0.3) is 0 Å². The molecule has 6 nitrogen and oxygen atoms in total.